The van der Waals surface area contributed by atoms with Crippen molar-refractivity contribution in [2.24, 2.45) is 0 Å². The topological polar surface area (TPSA) is 61.8 Å². The molecule has 31 heavy (non-hydrogen) atoms. The van der Waals surface area contributed by atoms with Gasteiger partial charge in [0, 0.05) is 44.7 Å². The van der Waals surface area contributed by atoms with Crippen LogP contribution < -0.4 is 9.80 Å². The fourth-order valence-electron chi connectivity index (χ4n) is 4.51. The predicted molar refractivity (Wildman–Crippen MR) is 111 cm³/mol. The Kier molecular flexibility index (Phi) is 5.43. The number of anilines is 2. The summed E-state index contributed by atoms with van der Waals surface area (Å²) < 4.78 is 33.9. The van der Waals surface area contributed by atoms with E-state index in [-0.39, 0.29) is 6.54 Å². The number of aromatic nitrogens is 2. The van der Waals surface area contributed by atoms with Crippen LogP contribution in [-0.4, -0.2) is 66.7 Å². The number of fused-ring (bicyclic) bond motifs is 1. The van der Waals surface area contributed by atoms with Gasteiger partial charge in [-0.05, 0) is 25.0 Å². The van der Waals surface area contributed by atoms with Gasteiger partial charge in [0.15, 0.2) is 0 Å². The van der Waals surface area contributed by atoms with Crippen molar-refractivity contribution < 1.29 is 18.3 Å². The molecule has 0 bridgehead atoms. The zero-order chi connectivity index (χ0) is 21.4. The second-order valence-corrected chi connectivity index (χ2v) is 8.14. The van der Waals surface area contributed by atoms with Crippen LogP contribution in [0.25, 0.3) is 0 Å². The second kappa shape index (κ2) is 8.37. The van der Waals surface area contributed by atoms with Gasteiger partial charge in [-0.15, -0.1) is 0 Å². The second-order valence-electron chi connectivity index (χ2n) is 8.14. The Morgan fingerprint density at radius 2 is 1.65 bits per heavy atom. The highest BCUT2D eigenvalue weighted by atomic mass is 19.1. The van der Waals surface area contributed by atoms with E-state index in [2.05, 4.69) is 9.80 Å². The molecule has 0 spiro atoms. The summed E-state index contributed by atoms with van der Waals surface area (Å²) in [7, 11) is 0. The normalized spacial score (nSPS) is 19.0. The summed E-state index contributed by atoms with van der Waals surface area (Å²) in [5, 5.41) is 0. The number of benzene rings is 1. The highest BCUT2D eigenvalue weighted by Gasteiger charge is 2.32. The fourth-order valence-corrected chi connectivity index (χ4v) is 4.51. The average molecular weight is 429 g/mol. The first-order valence-electron chi connectivity index (χ1n) is 10.8. The maximum absolute atomic E-state index is 14.2. The highest BCUT2D eigenvalue weighted by molar-refractivity contribution is 5.95. The summed E-state index contributed by atoms with van der Waals surface area (Å²) >= 11 is 0. The largest absolute Gasteiger partial charge is 0.378 e. The number of halogens is 2. The molecule has 0 saturated carbocycles. The van der Waals surface area contributed by atoms with Gasteiger partial charge >= 0.3 is 0 Å². The van der Waals surface area contributed by atoms with Gasteiger partial charge in [0.05, 0.1) is 25.5 Å². The van der Waals surface area contributed by atoms with Gasteiger partial charge in [-0.1, -0.05) is 6.07 Å². The minimum Gasteiger partial charge on any atom is -0.378 e. The van der Waals surface area contributed by atoms with E-state index < -0.39 is 23.1 Å². The molecule has 164 valence electrons. The number of nitrogens with zero attached hydrogens (tertiary/aromatic N) is 5. The van der Waals surface area contributed by atoms with Crippen LogP contribution >= 0.6 is 0 Å². The molecular weight excluding hydrogens is 404 g/mol. The van der Waals surface area contributed by atoms with Gasteiger partial charge in [0.25, 0.3) is 5.91 Å². The number of amides is 1. The number of carbonyl (C=O) groups is 1. The first kappa shape index (κ1) is 20.1. The molecular formula is C22H25F2N5O2. The Bertz CT molecular complexity index is 970. The van der Waals surface area contributed by atoms with Crippen LogP contribution in [0.1, 0.15) is 34.5 Å². The Morgan fingerprint density at radius 1 is 0.935 bits per heavy atom. The Morgan fingerprint density at radius 3 is 2.35 bits per heavy atom. The van der Waals surface area contributed by atoms with E-state index in [1.807, 2.05) is 0 Å². The third kappa shape index (κ3) is 3.82. The molecule has 9 heteroatoms. The maximum Gasteiger partial charge on any atom is 0.260 e. The van der Waals surface area contributed by atoms with Crippen molar-refractivity contribution in [1.82, 2.24) is 14.9 Å². The van der Waals surface area contributed by atoms with E-state index in [9.17, 15) is 13.6 Å². The number of hydrogen-bond donors (Lipinski definition) is 0. The van der Waals surface area contributed by atoms with Crippen molar-refractivity contribution in [3.63, 3.8) is 0 Å². The van der Waals surface area contributed by atoms with Crippen molar-refractivity contribution in [3.05, 3.63) is 46.7 Å². The van der Waals surface area contributed by atoms with Crippen molar-refractivity contribution in [1.29, 1.82) is 0 Å². The van der Waals surface area contributed by atoms with Crippen LogP contribution in [-0.2, 0) is 17.7 Å². The summed E-state index contributed by atoms with van der Waals surface area (Å²) in [5.74, 6) is -0.769. The van der Waals surface area contributed by atoms with Crippen LogP contribution in [0.15, 0.2) is 18.2 Å². The first-order chi connectivity index (χ1) is 15.1. The van der Waals surface area contributed by atoms with E-state index >= 15 is 0 Å². The SMILES string of the molecule is O=C(c1c(F)cccc1F)N1CCc2nc(N3CCOCC3)nc(N3CCCC3)c2C1. The minimum absolute atomic E-state index is 0.247. The van der Waals surface area contributed by atoms with Gasteiger partial charge in [-0.25, -0.2) is 13.8 Å². The van der Waals surface area contributed by atoms with E-state index in [1.165, 1.54) is 11.0 Å². The molecule has 0 aliphatic carbocycles. The van der Waals surface area contributed by atoms with Crippen LogP contribution in [0.2, 0.25) is 0 Å². The number of rotatable bonds is 3. The molecule has 0 unspecified atom stereocenters. The zero-order valence-corrected chi connectivity index (χ0v) is 17.3. The third-order valence-corrected chi connectivity index (χ3v) is 6.19. The predicted octanol–water partition coefficient (Wildman–Crippen LogP) is 2.39. The zero-order valence-electron chi connectivity index (χ0n) is 17.3. The molecule has 0 atom stereocenters. The van der Waals surface area contributed by atoms with Gasteiger partial charge in [-0.3, -0.25) is 4.79 Å². The number of morpholine rings is 1. The smallest absolute Gasteiger partial charge is 0.260 e. The molecule has 1 aromatic carbocycles. The molecule has 0 radical (unpaired) electrons. The van der Waals surface area contributed by atoms with Gasteiger partial charge in [0.1, 0.15) is 23.0 Å². The monoisotopic (exact) mass is 429 g/mol. The molecule has 3 aliphatic rings. The molecule has 0 N–H and O–H groups in total. The lowest BCUT2D eigenvalue weighted by molar-refractivity contribution is 0.0723. The molecule has 1 amide bonds. The van der Waals surface area contributed by atoms with Crippen molar-refractivity contribution >= 4 is 17.7 Å². The summed E-state index contributed by atoms with van der Waals surface area (Å²) in [5.41, 5.74) is 1.30. The van der Waals surface area contributed by atoms with Crippen LogP contribution in [0, 0.1) is 11.6 Å². The standard InChI is InChI=1S/C22H25F2N5O2/c23-16-4-3-5-17(24)19(16)21(30)29-9-6-18-15(14-29)20(27-7-1-2-8-27)26-22(25-18)28-10-12-31-13-11-28/h3-5H,1-2,6-14H2. The summed E-state index contributed by atoms with van der Waals surface area (Å²) in [6.07, 6.45) is 2.71. The Hall–Kier alpha value is -2.81. The third-order valence-electron chi connectivity index (χ3n) is 6.19. The van der Waals surface area contributed by atoms with Crippen molar-refractivity contribution in [3.8, 4) is 0 Å². The quantitative estimate of drug-likeness (QED) is 0.747. The lowest BCUT2D eigenvalue weighted by Gasteiger charge is -2.34. The average Bonchev–Trinajstić information content (AvgIpc) is 3.33. The van der Waals surface area contributed by atoms with E-state index in [0.717, 1.165) is 68.2 Å². The van der Waals surface area contributed by atoms with E-state index in [0.29, 0.717) is 32.1 Å². The first-order valence-corrected chi connectivity index (χ1v) is 10.8. The molecule has 1 aromatic heterocycles. The van der Waals surface area contributed by atoms with Crippen LogP contribution in [0.5, 0.6) is 0 Å². The van der Waals surface area contributed by atoms with Gasteiger partial charge in [0.2, 0.25) is 5.95 Å². The number of carbonyl (C=O) groups excluding carboxylic acids is 1. The van der Waals surface area contributed by atoms with E-state index in [4.69, 9.17) is 14.7 Å². The van der Waals surface area contributed by atoms with E-state index in [1.54, 1.807) is 0 Å². The fraction of sp³-hybridized carbons (Fsp3) is 0.500. The van der Waals surface area contributed by atoms with Gasteiger partial charge in [-0.2, -0.15) is 4.98 Å². The molecule has 2 aromatic rings. The Labute approximate surface area is 179 Å². The van der Waals surface area contributed by atoms with Gasteiger partial charge < -0.3 is 19.4 Å². The summed E-state index contributed by atoms with van der Waals surface area (Å²) in [4.78, 5) is 28.6. The molecule has 3 aliphatic heterocycles. The lowest BCUT2D eigenvalue weighted by atomic mass is 10.0. The number of hydrogen-bond acceptors (Lipinski definition) is 6. The van der Waals surface area contributed by atoms with Crippen molar-refractivity contribution in [2.75, 3.05) is 55.7 Å². The number of ether oxygens (including phenoxy) is 1. The maximum atomic E-state index is 14.2. The molecule has 4 heterocycles. The van der Waals surface area contributed by atoms with Crippen LogP contribution in [0.3, 0.4) is 0 Å². The lowest BCUT2D eigenvalue weighted by Crippen LogP contribution is -2.41. The summed E-state index contributed by atoms with van der Waals surface area (Å²) in [6, 6.07) is 3.49. The molecule has 2 saturated heterocycles. The van der Waals surface area contributed by atoms with Crippen LogP contribution in [0.4, 0.5) is 20.5 Å². The molecule has 2 fully saturated rings. The highest BCUT2D eigenvalue weighted by Crippen LogP contribution is 2.32. The van der Waals surface area contributed by atoms with Crippen molar-refractivity contribution in [2.45, 2.75) is 25.8 Å². The molecule has 7 nitrogen and oxygen atoms in total. The minimum atomic E-state index is -0.838. The molecule has 5 rings (SSSR count). The summed E-state index contributed by atoms with van der Waals surface area (Å²) in [6.45, 7) is 5.20. The Balaban J connectivity index is 1.49.